The van der Waals surface area contributed by atoms with Crippen molar-refractivity contribution in [2.75, 3.05) is 0 Å². The molecule has 0 saturated heterocycles. The number of para-hydroxylation sites is 2. The quantitative estimate of drug-likeness (QED) is 0.178. The van der Waals surface area contributed by atoms with E-state index in [4.69, 9.17) is 8.83 Å². The van der Waals surface area contributed by atoms with E-state index in [1.165, 1.54) is 33.6 Å². The third-order valence-electron chi connectivity index (χ3n) is 10.2. The van der Waals surface area contributed by atoms with Crippen LogP contribution < -0.4 is 9.13 Å². The molecule has 5 aromatic carbocycles. The summed E-state index contributed by atoms with van der Waals surface area (Å²) in [6, 6.07) is 48.0. The molecule has 0 aliphatic carbocycles. The van der Waals surface area contributed by atoms with E-state index < -0.39 is 0 Å². The zero-order valence-corrected chi connectivity index (χ0v) is 24.7. The van der Waals surface area contributed by atoms with E-state index in [0.29, 0.717) is 0 Å². The fourth-order valence-electron chi connectivity index (χ4n) is 8.31. The zero-order chi connectivity index (χ0) is 29.9. The van der Waals surface area contributed by atoms with Gasteiger partial charge in [0.25, 0.3) is 0 Å². The summed E-state index contributed by atoms with van der Waals surface area (Å²) in [6.45, 7) is 0. The second kappa shape index (κ2) is 8.80. The molecule has 9 aromatic rings. The van der Waals surface area contributed by atoms with Crippen molar-refractivity contribution in [1.82, 2.24) is 0 Å². The average molecular weight is 591 g/mol. The van der Waals surface area contributed by atoms with Crippen LogP contribution in [0.1, 0.15) is 23.2 Å². The summed E-state index contributed by atoms with van der Waals surface area (Å²) in [5.41, 5.74) is 13.4. The summed E-state index contributed by atoms with van der Waals surface area (Å²) < 4.78 is 18.1. The van der Waals surface area contributed by atoms with Crippen LogP contribution in [0.3, 0.4) is 0 Å². The van der Waals surface area contributed by atoms with Gasteiger partial charge in [0.1, 0.15) is 22.3 Å². The Labute approximate surface area is 264 Å². The van der Waals surface area contributed by atoms with Gasteiger partial charge >= 0.3 is 0 Å². The Kier molecular flexibility index (Phi) is 4.66. The molecule has 0 bridgehead atoms. The number of rotatable bonds is 1. The van der Waals surface area contributed by atoms with Crippen molar-refractivity contribution in [3.05, 3.63) is 157 Å². The normalized spacial score (nSPS) is 16.3. The van der Waals surface area contributed by atoms with Gasteiger partial charge in [0, 0.05) is 51.6 Å². The van der Waals surface area contributed by atoms with Crippen molar-refractivity contribution < 1.29 is 18.0 Å². The van der Waals surface area contributed by atoms with Gasteiger partial charge in [-0.2, -0.15) is 9.13 Å². The van der Waals surface area contributed by atoms with E-state index in [1.54, 1.807) is 0 Å². The standard InChI is InChI=1S/C42H26N2O2/c1-3-13-28-26(11-1)33-17-9-10-21-43(33)40-29-14-4-2-12-27(29)34-23-25(20-22-44(34)41(28)40)32-24-37-39(31-16-6-7-18-35(31)45-37)42-38(32)30-15-5-8-19-36(30)46-42/h1-24,40-41H/q+2/t40?,41-/m1/s1. The lowest BCUT2D eigenvalue weighted by molar-refractivity contribution is -0.799. The molecule has 0 amide bonds. The minimum absolute atomic E-state index is 0.114. The largest absolute Gasteiger partial charge is 0.456 e. The van der Waals surface area contributed by atoms with Crippen LogP contribution >= 0.6 is 0 Å². The summed E-state index contributed by atoms with van der Waals surface area (Å²) >= 11 is 0. The second-order valence-corrected chi connectivity index (χ2v) is 12.5. The highest BCUT2D eigenvalue weighted by Crippen LogP contribution is 2.48. The first kappa shape index (κ1) is 24.3. The highest BCUT2D eigenvalue weighted by atomic mass is 16.3. The molecule has 46 heavy (non-hydrogen) atoms. The van der Waals surface area contributed by atoms with Crippen LogP contribution in [0.25, 0.3) is 77.5 Å². The number of hydrogen-bond acceptors (Lipinski definition) is 2. The number of nitrogens with zero attached hydrogens (tertiary/aromatic N) is 2. The molecular weight excluding hydrogens is 564 g/mol. The number of benzene rings is 5. The van der Waals surface area contributed by atoms with Gasteiger partial charge in [-0.15, -0.1) is 0 Å². The summed E-state index contributed by atoms with van der Waals surface area (Å²) in [4.78, 5) is 0. The molecule has 6 heterocycles. The Morgan fingerprint density at radius 2 is 1.04 bits per heavy atom. The van der Waals surface area contributed by atoms with Crippen molar-refractivity contribution >= 4 is 43.9 Å². The Bertz CT molecular complexity index is 2730. The Morgan fingerprint density at radius 3 is 1.83 bits per heavy atom. The summed E-state index contributed by atoms with van der Waals surface area (Å²) in [5.74, 6) is 0. The Hall–Kier alpha value is -6.00. The van der Waals surface area contributed by atoms with Crippen molar-refractivity contribution in [3.8, 4) is 33.6 Å². The lowest BCUT2D eigenvalue weighted by Gasteiger charge is -2.32. The lowest BCUT2D eigenvalue weighted by atomic mass is 9.79. The molecule has 2 aliphatic rings. The van der Waals surface area contributed by atoms with Gasteiger partial charge < -0.3 is 8.83 Å². The van der Waals surface area contributed by atoms with Crippen molar-refractivity contribution in [2.45, 2.75) is 12.1 Å². The smallest absolute Gasteiger partial charge is 0.250 e. The highest BCUT2D eigenvalue weighted by Gasteiger charge is 2.51. The number of fused-ring (bicyclic) bond motifs is 18. The van der Waals surface area contributed by atoms with Crippen LogP contribution in [0, 0.1) is 0 Å². The maximum atomic E-state index is 6.64. The first-order chi connectivity index (χ1) is 22.8. The van der Waals surface area contributed by atoms with Crippen LogP contribution in [0.5, 0.6) is 0 Å². The summed E-state index contributed by atoms with van der Waals surface area (Å²) in [5, 5.41) is 4.33. The predicted octanol–water partition coefficient (Wildman–Crippen LogP) is 9.57. The molecule has 0 spiro atoms. The van der Waals surface area contributed by atoms with E-state index >= 15 is 0 Å². The van der Waals surface area contributed by atoms with Crippen LogP contribution in [0.2, 0.25) is 0 Å². The molecule has 4 heteroatoms. The predicted molar refractivity (Wildman–Crippen MR) is 180 cm³/mol. The van der Waals surface area contributed by atoms with Gasteiger partial charge in [0.15, 0.2) is 12.4 Å². The second-order valence-electron chi connectivity index (χ2n) is 12.5. The first-order valence-electron chi connectivity index (χ1n) is 15.8. The third kappa shape index (κ3) is 3.08. The lowest BCUT2D eigenvalue weighted by Crippen LogP contribution is -2.59. The molecule has 0 N–H and O–H groups in total. The van der Waals surface area contributed by atoms with Gasteiger partial charge in [0.2, 0.25) is 23.5 Å². The summed E-state index contributed by atoms with van der Waals surface area (Å²) in [7, 11) is 0. The maximum absolute atomic E-state index is 6.64. The fourth-order valence-corrected chi connectivity index (χ4v) is 8.31. The van der Waals surface area contributed by atoms with E-state index in [-0.39, 0.29) is 12.1 Å². The monoisotopic (exact) mass is 590 g/mol. The minimum Gasteiger partial charge on any atom is -0.456 e. The molecular formula is C42H26N2O2+2. The number of furan rings is 2. The number of hydrogen-bond donors (Lipinski definition) is 0. The van der Waals surface area contributed by atoms with Crippen LogP contribution in [-0.4, -0.2) is 0 Å². The van der Waals surface area contributed by atoms with Crippen molar-refractivity contribution in [1.29, 1.82) is 0 Å². The van der Waals surface area contributed by atoms with Crippen LogP contribution in [-0.2, 0) is 0 Å². The third-order valence-corrected chi connectivity index (χ3v) is 10.2. The Morgan fingerprint density at radius 1 is 0.435 bits per heavy atom. The molecule has 0 radical (unpaired) electrons. The molecule has 4 nitrogen and oxygen atoms in total. The van der Waals surface area contributed by atoms with Gasteiger partial charge in [-0.3, -0.25) is 0 Å². The Balaban J connectivity index is 1.22. The van der Waals surface area contributed by atoms with Gasteiger partial charge in [-0.25, -0.2) is 0 Å². The van der Waals surface area contributed by atoms with E-state index in [1.807, 2.05) is 18.2 Å². The SMILES string of the molecule is c1ccc2c(c1)-c1cc(-c3cc4oc5ccccc5c4c4oc5ccccc5c34)cc[n+]1[C@@H]1c3ccccc3-c3cccc[n+]3C21. The molecule has 214 valence electrons. The number of aromatic nitrogens is 2. The molecule has 0 saturated carbocycles. The maximum Gasteiger partial charge on any atom is 0.250 e. The first-order valence-corrected chi connectivity index (χ1v) is 15.8. The number of pyridine rings is 2. The molecule has 2 atom stereocenters. The van der Waals surface area contributed by atoms with Gasteiger partial charge in [0.05, 0.1) is 16.5 Å². The van der Waals surface area contributed by atoms with Gasteiger partial charge in [-0.1, -0.05) is 72.8 Å². The molecule has 4 aromatic heterocycles. The van der Waals surface area contributed by atoms with Crippen molar-refractivity contribution in [2.24, 2.45) is 0 Å². The highest BCUT2D eigenvalue weighted by molar-refractivity contribution is 6.26. The van der Waals surface area contributed by atoms with Crippen LogP contribution in [0.15, 0.2) is 155 Å². The minimum atomic E-state index is 0.114. The van der Waals surface area contributed by atoms with E-state index in [9.17, 15) is 0 Å². The molecule has 0 fully saturated rings. The van der Waals surface area contributed by atoms with Crippen molar-refractivity contribution in [3.63, 3.8) is 0 Å². The average Bonchev–Trinajstić information content (AvgIpc) is 3.69. The fraction of sp³-hybridized carbons (Fsp3) is 0.0476. The summed E-state index contributed by atoms with van der Waals surface area (Å²) in [6.07, 6.45) is 4.53. The molecule has 11 rings (SSSR count). The molecule has 2 aliphatic heterocycles. The van der Waals surface area contributed by atoms with Crippen LogP contribution in [0.4, 0.5) is 0 Å². The van der Waals surface area contributed by atoms with E-state index in [2.05, 4.69) is 137 Å². The zero-order valence-electron chi connectivity index (χ0n) is 24.7. The van der Waals surface area contributed by atoms with Gasteiger partial charge in [-0.05, 0) is 47.5 Å². The molecule has 1 unspecified atom stereocenters. The van der Waals surface area contributed by atoms with E-state index in [0.717, 1.165) is 55.0 Å². The topological polar surface area (TPSA) is 34.0 Å².